The Bertz CT molecular complexity index is 631. The molecule has 96 valence electrons. The number of aliphatic hydroxyl groups excluding tert-OH is 1. The maximum atomic E-state index is 11.6. The van der Waals surface area contributed by atoms with Gasteiger partial charge in [-0.15, -0.1) is 0 Å². The van der Waals surface area contributed by atoms with Gasteiger partial charge in [0.1, 0.15) is 5.69 Å². The lowest BCUT2D eigenvalue weighted by Crippen LogP contribution is -2.02. The molecule has 1 aromatic carbocycles. The third-order valence-corrected chi connectivity index (χ3v) is 3.36. The minimum atomic E-state index is -3.48. The van der Waals surface area contributed by atoms with E-state index < -0.39 is 9.84 Å². The van der Waals surface area contributed by atoms with Crippen molar-refractivity contribution in [2.24, 2.45) is 0 Å². The summed E-state index contributed by atoms with van der Waals surface area (Å²) in [5, 5.41) is 8.74. The molecule has 2 rings (SSSR count). The zero-order valence-electron chi connectivity index (χ0n) is 9.83. The van der Waals surface area contributed by atoms with Crippen LogP contribution in [0, 0.1) is 0 Å². The Morgan fingerprint density at radius 3 is 2.50 bits per heavy atom. The quantitative estimate of drug-likeness (QED) is 0.902. The number of sulfone groups is 1. The highest BCUT2D eigenvalue weighted by molar-refractivity contribution is 7.90. The second-order valence-corrected chi connectivity index (χ2v) is 5.78. The molecule has 0 saturated carbocycles. The van der Waals surface area contributed by atoms with Gasteiger partial charge >= 0.3 is 0 Å². The Morgan fingerprint density at radius 2 is 1.94 bits per heavy atom. The summed E-state index contributed by atoms with van der Waals surface area (Å²) in [6.45, 7) is -0.177. The van der Waals surface area contributed by atoms with Crippen molar-refractivity contribution in [1.29, 1.82) is 0 Å². The summed E-state index contributed by atoms with van der Waals surface area (Å²) in [7, 11) is -3.48. The van der Waals surface area contributed by atoms with Crippen LogP contribution in [0.25, 0.3) is 11.5 Å². The lowest BCUT2D eigenvalue weighted by Gasteiger charge is -1.94. The van der Waals surface area contributed by atoms with Gasteiger partial charge < -0.3 is 9.52 Å². The highest BCUT2D eigenvalue weighted by atomic mass is 32.2. The van der Waals surface area contributed by atoms with E-state index in [1.807, 2.05) is 18.2 Å². The molecule has 0 aliphatic rings. The summed E-state index contributed by atoms with van der Waals surface area (Å²) >= 11 is 0. The number of nitrogens with zero attached hydrogens (tertiary/aromatic N) is 1. The summed E-state index contributed by atoms with van der Waals surface area (Å²) in [5.74, 6) is 0.250. The summed E-state index contributed by atoms with van der Waals surface area (Å²) in [4.78, 5) is 4.13. The minimum absolute atomic E-state index is 0.152. The average molecular weight is 267 g/mol. The summed E-state index contributed by atoms with van der Waals surface area (Å²) in [6, 6.07) is 9.02. The standard InChI is InChI=1S/C12H13NO4S/c1-18(15,16)12-10(7-8-14)13-11(17-12)9-5-3-2-4-6-9/h2-6,14H,7-8H2,1H3. The molecular weight excluding hydrogens is 254 g/mol. The van der Waals surface area contributed by atoms with E-state index in [1.54, 1.807) is 12.1 Å². The van der Waals surface area contributed by atoms with Gasteiger partial charge in [-0.25, -0.2) is 13.4 Å². The molecule has 0 bridgehead atoms. The summed E-state index contributed by atoms with van der Waals surface area (Å²) < 4.78 is 28.4. The predicted molar refractivity (Wildman–Crippen MR) is 65.8 cm³/mol. The zero-order chi connectivity index (χ0) is 13.2. The fraction of sp³-hybridized carbons (Fsp3) is 0.250. The van der Waals surface area contributed by atoms with Crippen molar-refractivity contribution in [3.05, 3.63) is 36.0 Å². The highest BCUT2D eigenvalue weighted by Gasteiger charge is 2.22. The minimum Gasteiger partial charge on any atom is -0.424 e. The molecule has 0 radical (unpaired) electrons. The number of rotatable bonds is 4. The van der Waals surface area contributed by atoms with Crippen LogP contribution in [0.1, 0.15) is 5.69 Å². The molecule has 2 aromatic rings. The van der Waals surface area contributed by atoms with Gasteiger partial charge in [-0.05, 0) is 12.1 Å². The largest absolute Gasteiger partial charge is 0.424 e. The monoisotopic (exact) mass is 267 g/mol. The molecule has 0 aliphatic carbocycles. The number of aromatic nitrogens is 1. The van der Waals surface area contributed by atoms with Gasteiger partial charge in [0.05, 0.1) is 0 Å². The van der Waals surface area contributed by atoms with Crippen LogP contribution >= 0.6 is 0 Å². The molecule has 0 spiro atoms. The molecule has 1 aromatic heterocycles. The van der Waals surface area contributed by atoms with E-state index in [9.17, 15) is 8.42 Å². The van der Waals surface area contributed by atoms with Crippen LogP contribution in [-0.2, 0) is 16.3 Å². The normalized spacial score (nSPS) is 11.7. The number of aliphatic hydroxyl groups is 1. The van der Waals surface area contributed by atoms with Crippen molar-refractivity contribution in [1.82, 2.24) is 4.98 Å². The maximum Gasteiger partial charge on any atom is 0.241 e. The van der Waals surface area contributed by atoms with Crippen molar-refractivity contribution in [2.45, 2.75) is 11.5 Å². The predicted octanol–water partition coefficient (Wildman–Crippen LogP) is 1.28. The Kier molecular flexibility index (Phi) is 3.49. The molecule has 1 heterocycles. The first-order valence-corrected chi connectivity index (χ1v) is 7.27. The van der Waals surface area contributed by atoms with Crippen LogP contribution in [0.3, 0.4) is 0 Å². The third kappa shape index (κ3) is 2.60. The molecule has 0 aliphatic heterocycles. The highest BCUT2D eigenvalue weighted by Crippen LogP contribution is 2.25. The number of hydrogen-bond acceptors (Lipinski definition) is 5. The van der Waals surface area contributed by atoms with Gasteiger partial charge in [0.15, 0.2) is 0 Å². The second kappa shape index (κ2) is 4.91. The molecule has 18 heavy (non-hydrogen) atoms. The van der Waals surface area contributed by atoms with Crippen molar-refractivity contribution in [3.8, 4) is 11.5 Å². The Labute approximate surface area is 105 Å². The van der Waals surface area contributed by atoms with E-state index in [0.29, 0.717) is 5.56 Å². The molecule has 1 N–H and O–H groups in total. The topological polar surface area (TPSA) is 80.4 Å². The van der Waals surface area contributed by atoms with E-state index in [-0.39, 0.29) is 29.7 Å². The third-order valence-electron chi connectivity index (χ3n) is 2.37. The van der Waals surface area contributed by atoms with E-state index in [2.05, 4.69) is 4.98 Å². The Hall–Kier alpha value is -1.66. The summed E-state index contributed by atoms with van der Waals surface area (Å²) in [5.41, 5.74) is 0.963. The second-order valence-electron chi connectivity index (χ2n) is 3.86. The van der Waals surface area contributed by atoms with Crippen LogP contribution in [0.4, 0.5) is 0 Å². The van der Waals surface area contributed by atoms with Gasteiger partial charge in [0.2, 0.25) is 20.8 Å². The zero-order valence-corrected chi connectivity index (χ0v) is 10.6. The number of oxazole rings is 1. The number of benzene rings is 1. The molecular formula is C12H13NO4S. The first-order valence-electron chi connectivity index (χ1n) is 5.38. The SMILES string of the molecule is CS(=O)(=O)c1oc(-c2ccccc2)nc1CCO. The van der Waals surface area contributed by atoms with E-state index in [0.717, 1.165) is 6.26 Å². The van der Waals surface area contributed by atoms with Crippen LogP contribution in [-0.4, -0.2) is 31.4 Å². The first kappa shape index (κ1) is 12.8. The Balaban J connectivity index is 2.53. The Morgan fingerprint density at radius 1 is 1.28 bits per heavy atom. The van der Waals surface area contributed by atoms with Gasteiger partial charge in [-0.3, -0.25) is 0 Å². The average Bonchev–Trinajstić information content (AvgIpc) is 2.75. The molecule has 0 amide bonds. The van der Waals surface area contributed by atoms with Crippen LogP contribution < -0.4 is 0 Å². The lowest BCUT2D eigenvalue weighted by atomic mass is 10.2. The molecule has 0 saturated heterocycles. The van der Waals surface area contributed by atoms with Crippen molar-refractivity contribution in [2.75, 3.05) is 12.9 Å². The molecule has 0 atom stereocenters. The number of hydrogen-bond donors (Lipinski definition) is 1. The van der Waals surface area contributed by atoms with Crippen molar-refractivity contribution >= 4 is 9.84 Å². The molecule has 5 nitrogen and oxygen atoms in total. The molecule has 0 fully saturated rings. The van der Waals surface area contributed by atoms with Gasteiger partial charge in [-0.2, -0.15) is 0 Å². The van der Waals surface area contributed by atoms with Crippen LogP contribution in [0.5, 0.6) is 0 Å². The van der Waals surface area contributed by atoms with Gasteiger partial charge in [0, 0.05) is 24.8 Å². The fourth-order valence-electron chi connectivity index (χ4n) is 1.60. The van der Waals surface area contributed by atoms with Crippen molar-refractivity contribution in [3.63, 3.8) is 0 Å². The molecule has 0 unspecified atom stereocenters. The van der Waals surface area contributed by atoms with Crippen molar-refractivity contribution < 1.29 is 17.9 Å². The van der Waals surface area contributed by atoms with Crippen LogP contribution in [0.2, 0.25) is 0 Å². The maximum absolute atomic E-state index is 11.6. The fourth-order valence-corrected chi connectivity index (χ4v) is 2.40. The van der Waals surface area contributed by atoms with Gasteiger partial charge in [-0.1, -0.05) is 18.2 Å². The summed E-state index contributed by atoms with van der Waals surface area (Å²) in [6.07, 6.45) is 1.21. The molecule has 6 heteroatoms. The van der Waals surface area contributed by atoms with E-state index in [1.165, 1.54) is 0 Å². The van der Waals surface area contributed by atoms with Crippen LogP contribution in [0.15, 0.2) is 39.8 Å². The first-order chi connectivity index (χ1) is 8.52. The van der Waals surface area contributed by atoms with E-state index in [4.69, 9.17) is 9.52 Å². The smallest absolute Gasteiger partial charge is 0.241 e. The van der Waals surface area contributed by atoms with E-state index >= 15 is 0 Å². The van der Waals surface area contributed by atoms with Gasteiger partial charge in [0.25, 0.3) is 0 Å². The lowest BCUT2D eigenvalue weighted by molar-refractivity contribution is 0.296.